The molecular weight excluding hydrogens is 432 g/mol. The number of hydrogen-bond donors (Lipinski definition) is 1. The number of hydrogen-bond acceptors (Lipinski definition) is 3. The number of sulfonamides is 1. The maximum atomic E-state index is 13.6. The van der Waals surface area contributed by atoms with E-state index in [1.807, 2.05) is 58.9 Å². The molecule has 174 valence electrons. The van der Waals surface area contributed by atoms with Crippen LogP contribution in [0.15, 0.2) is 71.6 Å². The van der Waals surface area contributed by atoms with Crippen molar-refractivity contribution < 1.29 is 13.2 Å². The van der Waals surface area contributed by atoms with Gasteiger partial charge < -0.3 is 5.32 Å². The number of nitrogens with zero attached hydrogens (tertiary/aromatic N) is 1. The van der Waals surface area contributed by atoms with Crippen LogP contribution in [0.1, 0.15) is 47.2 Å². The number of benzene rings is 3. The summed E-state index contributed by atoms with van der Waals surface area (Å²) >= 11 is 0. The van der Waals surface area contributed by atoms with Crippen LogP contribution < -0.4 is 9.62 Å². The van der Waals surface area contributed by atoms with Crippen LogP contribution in [0.2, 0.25) is 0 Å². The molecule has 3 rings (SSSR count). The smallest absolute Gasteiger partial charge is 0.264 e. The van der Waals surface area contributed by atoms with E-state index in [1.165, 1.54) is 4.31 Å². The summed E-state index contributed by atoms with van der Waals surface area (Å²) in [6.07, 6.45) is 0.699. The largest absolute Gasteiger partial charge is 0.348 e. The minimum absolute atomic E-state index is 0.153. The SMILES string of the molecule is CCC(NC(=O)CN(c1cccc(C)c1C)S(=O)(=O)c1ccccc1)c1ccc(C)cc1C. The zero-order chi connectivity index (χ0) is 24.2. The molecule has 0 saturated heterocycles. The highest BCUT2D eigenvalue weighted by atomic mass is 32.2. The van der Waals surface area contributed by atoms with Gasteiger partial charge >= 0.3 is 0 Å². The highest BCUT2D eigenvalue weighted by Gasteiger charge is 2.29. The van der Waals surface area contributed by atoms with Crippen LogP contribution >= 0.6 is 0 Å². The lowest BCUT2D eigenvalue weighted by Crippen LogP contribution is -2.42. The Kier molecular flexibility index (Phi) is 7.59. The summed E-state index contributed by atoms with van der Waals surface area (Å²) in [7, 11) is -3.94. The van der Waals surface area contributed by atoms with Crippen LogP contribution in [-0.2, 0) is 14.8 Å². The van der Waals surface area contributed by atoms with E-state index in [9.17, 15) is 13.2 Å². The van der Waals surface area contributed by atoms with Gasteiger partial charge in [0.2, 0.25) is 5.91 Å². The first kappa shape index (κ1) is 24.5. The fraction of sp³-hybridized carbons (Fsp3) is 0.296. The molecule has 0 aromatic heterocycles. The van der Waals surface area contributed by atoms with Crippen LogP contribution in [-0.4, -0.2) is 20.9 Å². The predicted molar refractivity (Wildman–Crippen MR) is 134 cm³/mol. The fourth-order valence-corrected chi connectivity index (χ4v) is 5.51. The van der Waals surface area contributed by atoms with Crippen molar-refractivity contribution in [2.45, 2.75) is 52.0 Å². The van der Waals surface area contributed by atoms with E-state index in [0.29, 0.717) is 12.1 Å². The van der Waals surface area contributed by atoms with Gasteiger partial charge in [-0.1, -0.05) is 61.0 Å². The molecule has 6 heteroatoms. The molecule has 1 amide bonds. The van der Waals surface area contributed by atoms with Crippen molar-refractivity contribution in [3.05, 3.63) is 94.5 Å². The van der Waals surface area contributed by atoms with Gasteiger partial charge in [-0.2, -0.15) is 0 Å². The van der Waals surface area contributed by atoms with Crippen LogP contribution in [0.5, 0.6) is 0 Å². The monoisotopic (exact) mass is 464 g/mol. The predicted octanol–water partition coefficient (Wildman–Crippen LogP) is 5.38. The van der Waals surface area contributed by atoms with E-state index < -0.39 is 10.0 Å². The van der Waals surface area contributed by atoms with Crippen molar-refractivity contribution in [2.75, 3.05) is 10.8 Å². The Morgan fingerprint density at radius 2 is 1.61 bits per heavy atom. The topological polar surface area (TPSA) is 66.5 Å². The first-order valence-corrected chi connectivity index (χ1v) is 12.6. The Balaban J connectivity index is 1.96. The maximum absolute atomic E-state index is 13.6. The van der Waals surface area contributed by atoms with Gasteiger partial charge in [0.05, 0.1) is 16.6 Å². The number of carbonyl (C=O) groups is 1. The van der Waals surface area contributed by atoms with E-state index in [4.69, 9.17) is 0 Å². The van der Waals surface area contributed by atoms with Crippen LogP contribution in [0.25, 0.3) is 0 Å². The molecule has 0 fully saturated rings. The Hall–Kier alpha value is -3.12. The minimum Gasteiger partial charge on any atom is -0.348 e. The molecule has 0 aliphatic heterocycles. The molecule has 5 nitrogen and oxygen atoms in total. The molecule has 0 spiro atoms. The third kappa shape index (κ3) is 5.45. The minimum atomic E-state index is -3.94. The average molecular weight is 465 g/mol. The highest BCUT2D eigenvalue weighted by Crippen LogP contribution is 2.29. The molecule has 0 aliphatic carbocycles. The van der Waals surface area contributed by atoms with Crippen molar-refractivity contribution in [3.63, 3.8) is 0 Å². The quantitative estimate of drug-likeness (QED) is 0.486. The van der Waals surface area contributed by atoms with E-state index >= 15 is 0 Å². The van der Waals surface area contributed by atoms with Crippen LogP contribution in [0, 0.1) is 27.7 Å². The third-order valence-electron chi connectivity index (χ3n) is 6.01. The van der Waals surface area contributed by atoms with Gasteiger partial charge in [-0.05, 0) is 74.6 Å². The molecule has 33 heavy (non-hydrogen) atoms. The second-order valence-electron chi connectivity index (χ2n) is 8.43. The molecule has 0 saturated carbocycles. The summed E-state index contributed by atoms with van der Waals surface area (Å²) in [5.41, 5.74) is 5.60. The molecule has 1 N–H and O–H groups in total. The Morgan fingerprint density at radius 1 is 0.909 bits per heavy atom. The zero-order valence-corrected chi connectivity index (χ0v) is 20.7. The molecule has 3 aromatic carbocycles. The Morgan fingerprint density at radius 3 is 2.24 bits per heavy atom. The summed E-state index contributed by atoms with van der Waals surface area (Å²) in [5.74, 6) is -0.345. The normalized spacial score (nSPS) is 12.3. The standard InChI is InChI=1S/C27H32N2O3S/c1-6-25(24-16-15-19(2)17-21(24)4)28-27(30)18-29(26-14-10-11-20(3)22(26)5)33(31,32)23-12-8-7-9-13-23/h7-17,25H,6,18H2,1-5H3,(H,28,30). The number of rotatable bonds is 8. The Labute approximate surface area is 197 Å². The van der Waals surface area contributed by atoms with Gasteiger partial charge in [-0.25, -0.2) is 8.42 Å². The molecular formula is C27H32N2O3S. The van der Waals surface area contributed by atoms with Crippen molar-refractivity contribution in [2.24, 2.45) is 0 Å². The van der Waals surface area contributed by atoms with E-state index in [2.05, 4.69) is 11.4 Å². The van der Waals surface area contributed by atoms with E-state index in [-0.39, 0.29) is 23.4 Å². The van der Waals surface area contributed by atoms with Gasteiger partial charge in [-0.3, -0.25) is 9.10 Å². The van der Waals surface area contributed by atoms with Crippen LogP contribution in [0.4, 0.5) is 5.69 Å². The number of nitrogens with one attached hydrogen (secondary N) is 1. The second kappa shape index (κ2) is 10.2. The molecule has 0 bridgehead atoms. The molecule has 0 heterocycles. The van der Waals surface area contributed by atoms with Gasteiger partial charge in [0.25, 0.3) is 10.0 Å². The third-order valence-corrected chi connectivity index (χ3v) is 7.78. The molecule has 1 atom stereocenters. The number of anilines is 1. The maximum Gasteiger partial charge on any atom is 0.264 e. The van der Waals surface area contributed by atoms with Crippen molar-refractivity contribution in [1.82, 2.24) is 5.32 Å². The lowest BCUT2D eigenvalue weighted by atomic mass is 9.97. The summed E-state index contributed by atoms with van der Waals surface area (Å²) in [4.78, 5) is 13.4. The van der Waals surface area contributed by atoms with Gasteiger partial charge in [0, 0.05) is 0 Å². The Bertz CT molecular complexity index is 1240. The lowest BCUT2D eigenvalue weighted by molar-refractivity contribution is -0.120. The number of carbonyl (C=O) groups excluding carboxylic acids is 1. The van der Waals surface area contributed by atoms with Crippen molar-refractivity contribution >= 4 is 21.6 Å². The average Bonchev–Trinajstić information content (AvgIpc) is 2.79. The number of amides is 1. The number of aryl methyl sites for hydroxylation is 3. The molecule has 0 radical (unpaired) electrons. The van der Waals surface area contributed by atoms with Crippen LogP contribution in [0.3, 0.4) is 0 Å². The molecule has 1 unspecified atom stereocenters. The highest BCUT2D eigenvalue weighted by molar-refractivity contribution is 7.92. The van der Waals surface area contributed by atoms with Gasteiger partial charge in [-0.15, -0.1) is 0 Å². The summed E-state index contributed by atoms with van der Waals surface area (Å²) in [6.45, 7) is 9.57. The summed E-state index contributed by atoms with van der Waals surface area (Å²) in [6, 6.07) is 19.7. The van der Waals surface area contributed by atoms with E-state index in [1.54, 1.807) is 36.4 Å². The first-order chi connectivity index (χ1) is 15.6. The first-order valence-electron chi connectivity index (χ1n) is 11.2. The summed E-state index contributed by atoms with van der Waals surface area (Å²) in [5, 5.41) is 3.06. The lowest BCUT2D eigenvalue weighted by Gasteiger charge is -2.27. The second-order valence-corrected chi connectivity index (χ2v) is 10.3. The van der Waals surface area contributed by atoms with Crippen molar-refractivity contribution in [1.29, 1.82) is 0 Å². The fourth-order valence-electron chi connectivity index (χ4n) is 4.01. The van der Waals surface area contributed by atoms with E-state index in [0.717, 1.165) is 27.8 Å². The zero-order valence-electron chi connectivity index (χ0n) is 19.9. The van der Waals surface area contributed by atoms with Crippen molar-refractivity contribution in [3.8, 4) is 0 Å². The molecule has 3 aromatic rings. The molecule has 0 aliphatic rings. The van der Waals surface area contributed by atoms with Gasteiger partial charge in [0.1, 0.15) is 6.54 Å². The summed E-state index contributed by atoms with van der Waals surface area (Å²) < 4.78 is 28.4. The van der Waals surface area contributed by atoms with Gasteiger partial charge in [0.15, 0.2) is 0 Å².